The summed E-state index contributed by atoms with van der Waals surface area (Å²) >= 11 is 0. The number of fused-ring (bicyclic) bond motifs is 3. The number of amides is 2. The molecule has 2 aliphatic rings. The van der Waals surface area contributed by atoms with Gasteiger partial charge in [0.1, 0.15) is 11.8 Å². The Balaban J connectivity index is 1.43. The van der Waals surface area contributed by atoms with Crippen LogP contribution in [0.2, 0.25) is 0 Å². The second-order valence-electron chi connectivity index (χ2n) is 11.5. The van der Waals surface area contributed by atoms with Crippen LogP contribution in [0.15, 0.2) is 53.3 Å². The Labute approximate surface area is 269 Å². The van der Waals surface area contributed by atoms with Gasteiger partial charge in [0, 0.05) is 44.4 Å². The third-order valence-corrected chi connectivity index (χ3v) is 8.69. The molecular weight excluding hydrogens is 588 g/mol. The molecule has 0 bridgehead atoms. The molecule has 1 heterocycles. The van der Waals surface area contributed by atoms with E-state index in [0.29, 0.717) is 61.8 Å². The van der Waals surface area contributed by atoms with Crippen LogP contribution in [0.25, 0.3) is 11.1 Å². The molecule has 46 heavy (non-hydrogen) atoms. The molecule has 0 radical (unpaired) electrons. The van der Waals surface area contributed by atoms with E-state index in [0.717, 1.165) is 28.1 Å². The minimum absolute atomic E-state index is 0.0816. The number of methoxy groups -OCH3 is 4. The first kappa shape index (κ1) is 32.5. The van der Waals surface area contributed by atoms with Crippen molar-refractivity contribution in [3.63, 3.8) is 0 Å². The fourth-order valence-corrected chi connectivity index (χ4v) is 6.37. The van der Waals surface area contributed by atoms with E-state index in [-0.39, 0.29) is 22.9 Å². The van der Waals surface area contributed by atoms with Gasteiger partial charge in [-0.1, -0.05) is 6.07 Å². The largest absolute Gasteiger partial charge is 0.497 e. The standard InChI is InChI=1S/C35H42N4O7/c1-21(35(42)39-17-15-38(16-18-39)24-8-10-25(43-3)11-9-24)36-29-14-12-26-27(20-30(29)41)28(37-22(2)40)13-7-23-19-31(44-4)33(45-5)34(46-6)32(23)26/h8-12,14,19-21,28H,7,13,15-18H2,1-6H3,(H,36,41)(H,37,40)/t21-,28+/m0/s1. The van der Waals surface area contributed by atoms with Crippen LogP contribution in [-0.2, 0) is 16.0 Å². The highest BCUT2D eigenvalue weighted by Gasteiger charge is 2.30. The molecule has 244 valence electrons. The first-order chi connectivity index (χ1) is 22.2. The number of hydrogen-bond acceptors (Lipinski definition) is 9. The van der Waals surface area contributed by atoms with Crippen LogP contribution in [0.4, 0.5) is 11.4 Å². The van der Waals surface area contributed by atoms with Crippen molar-refractivity contribution in [3.8, 4) is 34.1 Å². The van der Waals surface area contributed by atoms with E-state index in [4.69, 9.17) is 18.9 Å². The van der Waals surface area contributed by atoms with Crippen molar-refractivity contribution in [3.05, 3.63) is 69.9 Å². The third kappa shape index (κ3) is 6.54. The molecule has 0 spiro atoms. The summed E-state index contributed by atoms with van der Waals surface area (Å²) in [6.45, 7) is 5.76. The number of benzene rings is 2. The molecule has 0 unspecified atom stereocenters. The normalized spacial score (nSPS) is 16.3. The fourth-order valence-electron chi connectivity index (χ4n) is 6.37. The lowest BCUT2D eigenvalue weighted by Gasteiger charge is -2.37. The van der Waals surface area contributed by atoms with Gasteiger partial charge >= 0.3 is 0 Å². The summed E-state index contributed by atoms with van der Waals surface area (Å²) in [5, 5.41) is 6.19. The molecule has 1 saturated heterocycles. The van der Waals surface area contributed by atoms with Crippen LogP contribution in [0.1, 0.15) is 37.4 Å². The number of hydrogen-bond donors (Lipinski definition) is 2. The van der Waals surface area contributed by atoms with E-state index in [9.17, 15) is 14.4 Å². The summed E-state index contributed by atoms with van der Waals surface area (Å²) < 4.78 is 22.4. The molecule has 2 amide bonds. The molecule has 1 aliphatic heterocycles. The van der Waals surface area contributed by atoms with E-state index in [1.54, 1.807) is 47.5 Å². The van der Waals surface area contributed by atoms with Gasteiger partial charge in [-0.2, -0.15) is 0 Å². The van der Waals surface area contributed by atoms with Crippen molar-refractivity contribution < 1.29 is 28.5 Å². The Morgan fingerprint density at radius 1 is 0.870 bits per heavy atom. The fraction of sp³-hybridized carbons (Fsp3) is 0.400. The quantitative estimate of drug-likeness (QED) is 0.362. The average Bonchev–Trinajstić information content (AvgIpc) is 3.31. The zero-order chi connectivity index (χ0) is 33.0. The van der Waals surface area contributed by atoms with E-state index in [1.165, 1.54) is 6.92 Å². The lowest BCUT2D eigenvalue weighted by molar-refractivity contribution is -0.132. The van der Waals surface area contributed by atoms with Gasteiger partial charge in [0.05, 0.1) is 40.2 Å². The van der Waals surface area contributed by atoms with Crippen LogP contribution in [0.5, 0.6) is 23.0 Å². The second kappa shape index (κ2) is 14.0. The summed E-state index contributed by atoms with van der Waals surface area (Å²) in [5.41, 5.74) is 4.17. The molecule has 1 aliphatic carbocycles. The van der Waals surface area contributed by atoms with Crippen LogP contribution < -0.4 is 39.9 Å². The van der Waals surface area contributed by atoms with Crippen molar-refractivity contribution in [2.75, 3.05) is 64.8 Å². The number of ether oxygens (including phenoxy) is 4. The van der Waals surface area contributed by atoms with Gasteiger partial charge in [-0.3, -0.25) is 14.4 Å². The summed E-state index contributed by atoms with van der Waals surface area (Å²) in [4.78, 5) is 43.5. The number of piperazine rings is 1. The van der Waals surface area contributed by atoms with E-state index in [2.05, 4.69) is 15.5 Å². The lowest BCUT2D eigenvalue weighted by atomic mass is 9.95. The topological polar surface area (TPSA) is 119 Å². The number of nitrogens with one attached hydrogen (secondary N) is 2. The van der Waals surface area contributed by atoms with E-state index < -0.39 is 12.1 Å². The van der Waals surface area contributed by atoms with Gasteiger partial charge in [-0.15, -0.1) is 0 Å². The Kier molecular flexibility index (Phi) is 9.89. The summed E-state index contributed by atoms with van der Waals surface area (Å²) in [7, 11) is 6.32. The monoisotopic (exact) mass is 630 g/mol. The third-order valence-electron chi connectivity index (χ3n) is 8.69. The van der Waals surface area contributed by atoms with Gasteiger partial charge in [0.2, 0.25) is 23.0 Å². The number of carbonyl (C=O) groups is 2. The summed E-state index contributed by atoms with van der Waals surface area (Å²) in [6.07, 6.45) is 1.16. The molecule has 2 N–H and O–H groups in total. The Bertz CT molecular complexity index is 1650. The van der Waals surface area contributed by atoms with Crippen molar-refractivity contribution in [1.82, 2.24) is 10.2 Å². The number of carbonyl (C=O) groups excluding carboxylic acids is 2. The maximum Gasteiger partial charge on any atom is 0.244 e. The maximum atomic E-state index is 13.7. The second-order valence-corrected chi connectivity index (χ2v) is 11.5. The van der Waals surface area contributed by atoms with Crippen LogP contribution in [0.3, 0.4) is 0 Å². The molecule has 0 aromatic heterocycles. The molecule has 1 fully saturated rings. The predicted octanol–water partition coefficient (Wildman–Crippen LogP) is 4.02. The number of anilines is 2. The van der Waals surface area contributed by atoms with Crippen molar-refractivity contribution >= 4 is 23.2 Å². The molecule has 11 nitrogen and oxygen atoms in total. The Hall–Kier alpha value is -4.93. The first-order valence-corrected chi connectivity index (χ1v) is 15.4. The summed E-state index contributed by atoms with van der Waals surface area (Å²) in [5.74, 6) is 1.96. The molecular formula is C35H42N4O7. The molecule has 3 aromatic rings. The zero-order valence-electron chi connectivity index (χ0n) is 27.3. The SMILES string of the molecule is COc1ccc(N2CCN(C(=O)[C@H](C)Nc3ccc4c(cc3=O)[C@H](NC(C)=O)CCc3cc(OC)c(OC)c(OC)c3-4)CC2)cc1. The Morgan fingerprint density at radius 2 is 1.57 bits per heavy atom. The zero-order valence-corrected chi connectivity index (χ0v) is 27.3. The molecule has 3 aromatic carbocycles. The summed E-state index contributed by atoms with van der Waals surface area (Å²) in [6, 6.07) is 13.8. The van der Waals surface area contributed by atoms with Crippen molar-refractivity contribution in [2.45, 2.75) is 38.8 Å². The van der Waals surface area contributed by atoms with Crippen LogP contribution >= 0.6 is 0 Å². The van der Waals surface area contributed by atoms with Gasteiger partial charge in [0.15, 0.2) is 11.5 Å². The van der Waals surface area contributed by atoms with E-state index in [1.807, 2.05) is 41.3 Å². The van der Waals surface area contributed by atoms with Gasteiger partial charge < -0.3 is 39.4 Å². The molecule has 2 atom stereocenters. The first-order valence-electron chi connectivity index (χ1n) is 15.4. The highest BCUT2D eigenvalue weighted by atomic mass is 16.5. The minimum atomic E-state index is -0.639. The number of aryl methyl sites for hydroxylation is 1. The van der Waals surface area contributed by atoms with Crippen LogP contribution in [-0.4, -0.2) is 77.4 Å². The lowest BCUT2D eigenvalue weighted by Crippen LogP contribution is -2.52. The number of rotatable bonds is 9. The van der Waals surface area contributed by atoms with Crippen molar-refractivity contribution in [1.29, 1.82) is 0 Å². The van der Waals surface area contributed by atoms with Gasteiger partial charge in [-0.25, -0.2) is 0 Å². The van der Waals surface area contributed by atoms with E-state index >= 15 is 0 Å². The molecule has 11 heteroatoms. The van der Waals surface area contributed by atoms with Crippen molar-refractivity contribution in [2.24, 2.45) is 0 Å². The molecule has 0 saturated carbocycles. The smallest absolute Gasteiger partial charge is 0.244 e. The minimum Gasteiger partial charge on any atom is -0.497 e. The maximum absolute atomic E-state index is 13.7. The van der Waals surface area contributed by atoms with Crippen LogP contribution in [0, 0.1) is 0 Å². The highest BCUT2D eigenvalue weighted by molar-refractivity contribution is 5.86. The average molecular weight is 631 g/mol. The number of nitrogens with zero attached hydrogens (tertiary/aromatic N) is 2. The highest BCUT2D eigenvalue weighted by Crippen LogP contribution is 2.50. The predicted molar refractivity (Wildman–Crippen MR) is 178 cm³/mol. The van der Waals surface area contributed by atoms with Gasteiger partial charge in [0.25, 0.3) is 0 Å². The van der Waals surface area contributed by atoms with Gasteiger partial charge in [-0.05, 0) is 78.9 Å². The molecule has 5 rings (SSSR count). The Morgan fingerprint density at radius 3 is 2.17 bits per heavy atom.